The van der Waals surface area contributed by atoms with Crippen molar-refractivity contribution in [2.75, 3.05) is 18.7 Å². The van der Waals surface area contributed by atoms with Gasteiger partial charge in [0.25, 0.3) is 5.91 Å². The summed E-state index contributed by atoms with van der Waals surface area (Å²) in [6.45, 7) is 0.811. The second-order valence-electron chi connectivity index (χ2n) is 4.76. The van der Waals surface area contributed by atoms with Crippen molar-refractivity contribution < 1.29 is 14.3 Å². The van der Waals surface area contributed by atoms with Gasteiger partial charge >= 0.3 is 0 Å². The molecule has 21 heavy (non-hydrogen) atoms. The molecule has 5 heteroatoms. The van der Waals surface area contributed by atoms with Crippen molar-refractivity contribution in [1.82, 2.24) is 0 Å². The van der Waals surface area contributed by atoms with E-state index in [4.69, 9.17) is 15.2 Å². The van der Waals surface area contributed by atoms with E-state index in [-0.39, 0.29) is 12.7 Å². The van der Waals surface area contributed by atoms with Gasteiger partial charge in [0, 0.05) is 11.3 Å². The van der Waals surface area contributed by atoms with E-state index in [0.717, 1.165) is 17.7 Å². The molecule has 3 N–H and O–H groups in total. The third-order valence-corrected chi connectivity index (χ3v) is 3.28. The Bertz CT molecular complexity index is 653. The number of nitrogens with one attached hydrogen (secondary N) is 1. The number of rotatable bonds is 4. The summed E-state index contributed by atoms with van der Waals surface area (Å²) in [7, 11) is 0. The number of anilines is 1. The molecular weight excluding hydrogens is 268 g/mol. The van der Waals surface area contributed by atoms with Gasteiger partial charge in [0.15, 0.2) is 11.5 Å². The zero-order valence-electron chi connectivity index (χ0n) is 11.5. The number of hydrogen-bond donors (Lipinski definition) is 2. The summed E-state index contributed by atoms with van der Waals surface area (Å²) in [5, 5.41) is 2.85. The van der Waals surface area contributed by atoms with Crippen LogP contribution in [0.1, 0.15) is 15.9 Å². The maximum absolute atomic E-state index is 12.2. The SMILES string of the molecule is NCCc1ccc(NC(=O)c2ccc3c(c2)OCO3)cc1. The van der Waals surface area contributed by atoms with Gasteiger partial charge in [-0.1, -0.05) is 12.1 Å². The van der Waals surface area contributed by atoms with Gasteiger partial charge in [-0.25, -0.2) is 0 Å². The highest BCUT2D eigenvalue weighted by Crippen LogP contribution is 2.32. The summed E-state index contributed by atoms with van der Waals surface area (Å²) in [6, 6.07) is 12.8. The number of fused-ring (bicyclic) bond motifs is 1. The topological polar surface area (TPSA) is 73.6 Å². The summed E-state index contributed by atoms with van der Waals surface area (Å²) >= 11 is 0. The van der Waals surface area contributed by atoms with Crippen molar-refractivity contribution >= 4 is 11.6 Å². The maximum atomic E-state index is 12.2. The first-order valence-electron chi connectivity index (χ1n) is 6.76. The van der Waals surface area contributed by atoms with E-state index in [9.17, 15) is 4.79 Å². The molecule has 0 saturated carbocycles. The Labute approximate surface area is 122 Å². The van der Waals surface area contributed by atoms with Crippen LogP contribution in [0.25, 0.3) is 0 Å². The molecule has 0 aromatic heterocycles. The first-order valence-corrected chi connectivity index (χ1v) is 6.76. The zero-order chi connectivity index (χ0) is 14.7. The van der Waals surface area contributed by atoms with Crippen LogP contribution in [0.5, 0.6) is 11.5 Å². The molecule has 0 bridgehead atoms. The molecule has 1 aliphatic heterocycles. The number of amides is 1. The Balaban J connectivity index is 1.71. The summed E-state index contributed by atoms with van der Waals surface area (Å²) in [6.07, 6.45) is 0.830. The van der Waals surface area contributed by atoms with Crippen LogP contribution in [0, 0.1) is 0 Å². The monoisotopic (exact) mass is 284 g/mol. The van der Waals surface area contributed by atoms with Gasteiger partial charge < -0.3 is 20.5 Å². The van der Waals surface area contributed by atoms with Gasteiger partial charge in [0.05, 0.1) is 0 Å². The molecule has 1 aliphatic rings. The van der Waals surface area contributed by atoms with E-state index >= 15 is 0 Å². The molecule has 2 aromatic rings. The predicted molar refractivity (Wildman–Crippen MR) is 79.7 cm³/mol. The molecule has 0 atom stereocenters. The number of benzene rings is 2. The lowest BCUT2D eigenvalue weighted by atomic mass is 10.1. The van der Waals surface area contributed by atoms with E-state index in [0.29, 0.717) is 23.6 Å². The highest BCUT2D eigenvalue weighted by atomic mass is 16.7. The molecule has 3 rings (SSSR count). The largest absolute Gasteiger partial charge is 0.454 e. The zero-order valence-corrected chi connectivity index (χ0v) is 11.5. The molecule has 0 spiro atoms. The van der Waals surface area contributed by atoms with E-state index in [1.54, 1.807) is 18.2 Å². The summed E-state index contributed by atoms with van der Waals surface area (Å²) in [5.74, 6) is 1.08. The van der Waals surface area contributed by atoms with Crippen molar-refractivity contribution in [3.63, 3.8) is 0 Å². The molecule has 1 heterocycles. The third-order valence-electron chi connectivity index (χ3n) is 3.28. The Morgan fingerprint density at radius 2 is 1.86 bits per heavy atom. The number of hydrogen-bond acceptors (Lipinski definition) is 4. The van der Waals surface area contributed by atoms with Gasteiger partial charge in [0.2, 0.25) is 6.79 Å². The average molecular weight is 284 g/mol. The third kappa shape index (κ3) is 2.98. The standard InChI is InChI=1S/C16H16N2O3/c17-8-7-11-1-4-13(5-2-11)18-16(19)12-3-6-14-15(9-12)21-10-20-14/h1-6,9H,7-8,10,17H2,(H,18,19). The van der Waals surface area contributed by atoms with Crippen LogP contribution in [-0.2, 0) is 6.42 Å². The Kier molecular flexibility index (Phi) is 3.75. The molecule has 0 unspecified atom stereocenters. The van der Waals surface area contributed by atoms with Gasteiger partial charge in [-0.05, 0) is 48.9 Å². The quantitative estimate of drug-likeness (QED) is 0.902. The fourth-order valence-electron chi connectivity index (χ4n) is 2.16. The molecule has 108 valence electrons. The first-order chi connectivity index (χ1) is 10.3. The lowest BCUT2D eigenvalue weighted by molar-refractivity contribution is 0.102. The van der Waals surface area contributed by atoms with Crippen LogP contribution in [0.3, 0.4) is 0 Å². The number of carbonyl (C=O) groups excluding carboxylic acids is 1. The second-order valence-corrected chi connectivity index (χ2v) is 4.76. The van der Waals surface area contributed by atoms with Crippen LogP contribution < -0.4 is 20.5 Å². The molecule has 0 saturated heterocycles. The Morgan fingerprint density at radius 3 is 2.62 bits per heavy atom. The van der Waals surface area contributed by atoms with Crippen LogP contribution in [0.4, 0.5) is 5.69 Å². The van der Waals surface area contributed by atoms with E-state index in [2.05, 4.69) is 5.32 Å². The highest BCUT2D eigenvalue weighted by Gasteiger charge is 2.16. The first kappa shape index (κ1) is 13.5. The minimum absolute atomic E-state index is 0.181. The summed E-state index contributed by atoms with van der Waals surface area (Å²) < 4.78 is 10.5. The van der Waals surface area contributed by atoms with Gasteiger partial charge in [-0.3, -0.25) is 4.79 Å². The van der Waals surface area contributed by atoms with E-state index in [1.807, 2.05) is 24.3 Å². The fraction of sp³-hybridized carbons (Fsp3) is 0.188. The van der Waals surface area contributed by atoms with Crippen molar-refractivity contribution in [3.05, 3.63) is 53.6 Å². The number of nitrogens with two attached hydrogens (primary N) is 1. The highest BCUT2D eigenvalue weighted by molar-refractivity contribution is 6.04. The minimum atomic E-state index is -0.181. The van der Waals surface area contributed by atoms with Crippen LogP contribution in [0.15, 0.2) is 42.5 Å². The predicted octanol–water partition coefficient (Wildman–Crippen LogP) is 2.17. The molecular formula is C16H16N2O3. The Hall–Kier alpha value is -2.53. The number of carbonyl (C=O) groups is 1. The lowest BCUT2D eigenvalue weighted by Crippen LogP contribution is -2.11. The van der Waals surface area contributed by atoms with Crippen LogP contribution in [0.2, 0.25) is 0 Å². The van der Waals surface area contributed by atoms with Crippen LogP contribution in [-0.4, -0.2) is 19.2 Å². The molecule has 0 fully saturated rings. The average Bonchev–Trinajstić information content (AvgIpc) is 2.97. The van der Waals surface area contributed by atoms with Crippen molar-refractivity contribution in [2.45, 2.75) is 6.42 Å². The van der Waals surface area contributed by atoms with Crippen LogP contribution >= 0.6 is 0 Å². The molecule has 0 radical (unpaired) electrons. The molecule has 0 aliphatic carbocycles. The van der Waals surface area contributed by atoms with Crippen molar-refractivity contribution in [1.29, 1.82) is 0 Å². The summed E-state index contributed by atoms with van der Waals surface area (Å²) in [4.78, 5) is 12.2. The van der Waals surface area contributed by atoms with E-state index in [1.165, 1.54) is 0 Å². The normalized spacial score (nSPS) is 12.2. The van der Waals surface area contributed by atoms with Gasteiger partial charge in [-0.2, -0.15) is 0 Å². The fourth-order valence-corrected chi connectivity index (χ4v) is 2.16. The Morgan fingerprint density at radius 1 is 1.10 bits per heavy atom. The number of ether oxygens (including phenoxy) is 2. The van der Waals surface area contributed by atoms with Gasteiger partial charge in [0.1, 0.15) is 0 Å². The minimum Gasteiger partial charge on any atom is -0.454 e. The smallest absolute Gasteiger partial charge is 0.255 e. The van der Waals surface area contributed by atoms with Crippen molar-refractivity contribution in [2.24, 2.45) is 5.73 Å². The maximum Gasteiger partial charge on any atom is 0.255 e. The lowest BCUT2D eigenvalue weighted by Gasteiger charge is -2.07. The van der Waals surface area contributed by atoms with E-state index < -0.39 is 0 Å². The molecule has 2 aromatic carbocycles. The van der Waals surface area contributed by atoms with Crippen molar-refractivity contribution in [3.8, 4) is 11.5 Å². The molecule has 1 amide bonds. The second kappa shape index (κ2) is 5.85. The molecule has 5 nitrogen and oxygen atoms in total. The van der Waals surface area contributed by atoms with Gasteiger partial charge in [-0.15, -0.1) is 0 Å². The summed E-state index contributed by atoms with van der Waals surface area (Å²) in [5.41, 5.74) is 7.94.